The van der Waals surface area contributed by atoms with Gasteiger partial charge in [-0.3, -0.25) is 4.79 Å². The Morgan fingerprint density at radius 1 is 1.14 bits per heavy atom. The quantitative estimate of drug-likeness (QED) is 0.850. The van der Waals surface area contributed by atoms with Gasteiger partial charge in [-0.05, 0) is 23.8 Å². The Morgan fingerprint density at radius 3 is 2.62 bits per heavy atom. The number of hydrogen-bond acceptors (Lipinski definition) is 2. The largest absolute Gasteiger partial charge is 0.384 e. The smallest absolute Gasteiger partial charge is 0.228 e. The lowest BCUT2D eigenvalue weighted by Crippen LogP contribution is -2.16. The second-order valence-corrected chi connectivity index (χ2v) is 4.32. The zero-order valence-electron chi connectivity index (χ0n) is 11.3. The van der Waals surface area contributed by atoms with Crippen LogP contribution in [0, 0.1) is 17.7 Å². The van der Waals surface area contributed by atoms with Gasteiger partial charge in [-0.1, -0.05) is 42.2 Å². The Hall–Kier alpha value is -2.64. The van der Waals surface area contributed by atoms with E-state index in [4.69, 9.17) is 5.11 Å². The van der Waals surface area contributed by atoms with Crippen LogP contribution in [0.1, 0.15) is 11.1 Å². The van der Waals surface area contributed by atoms with Crippen LogP contribution in [0.25, 0.3) is 0 Å². The van der Waals surface area contributed by atoms with Crippen molar-refractivity contribution in [3.63, 3.8) is 0 Å². The minimum atomic E-state index is -0.402. The van der Waals surface area contributed by atoms with E-state index in [-0.39, 0.29) is 18.9 Å². The fraction of sp³-hybridized carbons (Fsp3) is 0.118. The number of benzene rings is 2. The van der Waals surface area contributed by atoms with Crippen molar-refractivity contribution in [3.05, 3.63) is 65.5 Å². The number of hydrogen-bond donors (Lipinski definition) is 2. The lowest BCUT2D eigenvalue weighted by Gasteiger charge is -2.08. The van der Waals surface area contributed by atoms with Gasteiger partial charge < -0.3 is 10.4 Å². The first-order chi connectivity index (χ1) is 10.2. The molecule has 1 amide bonds. The molecule has 21 heavy (non-hydrogen) atoms. The summed E-state index contributed by atoms with van der Waals surface area (Å²) in [5, 5.41) is 11.4. The summed E-state index contributed by atoms with van der Waals surface area (Å²) in [6.45, 7) is -0.252. The topological polar surface area (TPSA) is 49.3 Å². The number of rotatable bonds is 3. The van der Waals surface area contributed by atoms with Gasteiger partial charge in [-0.25, -0.2) is 4.39 Å². The molecule has 0 aliphatic carbocycles. The van der Waals surface area contributed by atoms with E-state index in [1.165, 1.54) is 6.07 Å². The molecule has 0 spiro atoms. The Balaban J connectivity index is 2.12. The van der Waals surface area contributed by atoms with Crippen LogP contribution in [0.5, 0.6) is 0 Å². The number of carbonyl (C=O) groups is 1. The summed E-state index contributed by atoms with van der Waals surface area (Å²) < 4.78 is 13.5. The third kappa shape index (κ3) is 4.16. The Bertz CT molecular complexity index is 701. The van der Waals surface area contributed by atoms with E-state index in [0.717, 1.165) is 0 Å². The highest BCUT2D eigenvalue weighted by atomic mass is 19.1. The average Bonchev–Trinajstić information content (AvgIpc) is 2.49. The monoisotopic (exact) mass is 283 g/mol. The number of anilines is 1. The molecule has 2 rings (SSSR count). The van der Waals surface area contributed by atoms with Crippen LogP contribution in [-0.2, 0) is 11.2 Å². The lowest BCUT2D eigenvalue weighted by molar-refractivity contribution is -0.115. The molecule has 0 unspecified atom stereocenters. The van der Waals surface area contributed by atoms with Crippen molar-refractivity contribution >= 4 is 11.6 Å². The minimum Gasteiger partial charge on any atom is -0.384 e. The molecule has 106 valence electrons. The number of halogens is 1. The molecular weight excluding hydrogens is 269 g/mol. The van der Waals surface area contributed by atoms with Crippen molar-refractivity contribution in [1.82, 2.24) is 0 Å². The summed E-state index contributed by atoms with van der Waals surface area (Å²) in [4.78, 5) is 12.0. The first kappa shape index (κ1) is 14.8. The zero-order chi connectivity index (χ0) is 15.1. The maximum absolute atomic E-state index is 13.5. The predicted octanol–water partition coefficient (Wildman–Crippen LogP) is 2.35. The van der Waals surface area contributed by atoms with Crippen molar-refractivity contribution in [2.45, 2.75) is 6.42 Å². The van der Waals surface area contributed by atoms with Gasteiger partial charge in [0.25, 0.3) is 0 Å². The van der Waals surface area contributed by atoms with Gasteiger partial charge in [-0.15, -0.1) is 0 Å². The number of aliphatic hydroxyl groups excluding tert-OH is 1. The minimum absolute atomic E-state index is 0.0472. The van der Waals surface area contributed by atoms with Crippen LogP contribution in [0.2, 0.25) is 0 Å². The van der Waals surface area contributed by atoms with Gasteiger partial charge >= 0.3 is 0 Å². The van der Waals surface area contributed by atoms with Crippen molar-refractivity contribution < 1.29 is 14.3 Å². The molecule has 2 N–H and O–H groups in total. The number of amides is 1. The molecule has 0 heterocycles. The Labute approximate surface area is 122 Å². The second kappa shape index (κ2) is 7.22. The molecule has 3 nitrogen and oxygen atoms in total. The van der Waals surface area contributed by atoms with Crippen LogP contribution in [0.15, 0.2) is 48.5 Å². The Kier molecular flexibility index (Phi) is 5.08. The molecule has 0 bridgehead atoms. The highest BCUT2D eigenvalue weighted by Crippen LogP contribution is 2.15. The van der Waals surface area contributed by atoms with Crippen LogP contribution in [0.4, 0.5) is 10.1 Å². The highest BCUT2D eigenvalue weighted by Gasteiger charge is 2.09. The molecule has 0 aliphatic rings. The van der Waals surface area contributed by atoms with Crippen LogP contribution >= 0.6 is 0 Å². The van der Waals surface area contributed by atoms with E-state index in [0.29, 0.717) is 16.8 Å². The normalized spacial score (nSPS) is 9.62. The number of carbonyl (C=O) groups excluding carboxylic acids is 1. The molecule has 4 heteroatoms. The van der Waals surface area contributed by atoms with Crippen molar-refractivity contribution in [1.29, 1.82) is 0 Å². The van der Waals surface area contributed by atoms with Gasteiger partial charge in [0.05, 0.1) is 12.1 Å². The predicted molar refractivity (Wildman–Crippen MR) is 79.1 cm³/mol. The molecule has 0 atom stereocenters. The molecule has 0 aliphatic heterocycles. The molecule has 0 saturated heterocycles. The summed E-state index contributed by atoms with van der Waals surface area (Å²) in [7, 11) is 0. The molecule has 0 saturated carbocycles. The summed E-state index contributed by atoms with van der Waals surface area (Å²) in [6, 6.07) is 13.2. The van der Waals surface area contributed by atoms with E-state index in [2.05, 4.69) is 17.2 Å². The van der Waals surface area contributed by atoms with E-state index >= 15 is 0 Å². The number of para-hydroxylation sites is 1. The third-order valence-electron chi connectivity index (χ3n) is 2.81. The van der Waals surface area contributed by atoms with E-state index in [9.17, 15) is 9.18 Å². The summed E-state index contributed by atoms with van der Waals surface area (Å²) in [5.41, 5.74) is 1.49. The SMILES string of the molecule is O=C(Cc1ccccc1F)Nc1ccccc1C#CCO. The van der Waals surface area contributed by atoms with Gasteiger partial charge in [-0.2, -0.15) is 0 Å². The lowest BCUT2D eigenvalue weighted by atomic mass is 10.1. The fourth-order valence-corrected chi connectivity index (χ4v) is 1.85. The molecule has 2 aromatic carbocycles. The van der Waals surface area contributed by atoms with Gasteiger partial charge in [0.2, 0.25) is 5.91 Å². The molecule has 0 aromatic heterocycles. The Morgan fingerprint density at radius 2 is 1.86 bits per heavy atom. The average molecular weight is 283 g/mol. The summed E-state index contributed by atoms with van der Waals surface area (Å²) in [6.07, 6.45) is -0.0472. The maximum atomic E-state index is 13.5. The van der Waals surface area contributed by atoms with Gasteiger partial charge in [0, 0.05) is 5.56 Å². The standard InChI is InChI=1S/C17H14FNO2/c18-15-9-3-1-7-14(15)12-17(21)19-16-10-4-2-6-13(16)8-5-11-20/h1-4,6-7,9-10,20H,11-12H2,(H,19,21). The van der Waals surface area contributed by atoms with Crippen molar-refractivity contribution in [2.75, 3.05) is 11.9 Å². The fourth-order valence-electron chi connectivity index (χ4n) is 1.85. The maximum Gasteiger partial charge on any atom is 0.228 e. The van der Waals surface area contributed by atoms with E-state index < -0.39 is 5.82 Å². The third-order valence-corrected chi connectivity index (χ3v) is 2.81. The van der Waals surface area contributed by atoms with Crippen LogP contribution in [-0.4, -0.2) is 17.6 Å². The zero-order valence-corrected chi connectivity index (χ0v) is 11.3. The molecule has 0 radical (unpaired) electrons. The number of nitrogens with one attached hydrogen (secondary N) is 1. The van der Waals surface area contributed by atoms with Crippen molar-refractivity contribution in [3.8, 4) is 11.8 Å². The van der Waals surface area contributed by atoms with Crippen LogP contribution in [0.3, 0.4) is 0 Å². The second-order valence-electron chi connectivity index (χ2n) is 4.32. The molecule has 0 fully saturated rings. The first-order valence-electron chi connectivity index (χ1n) is 6.42. The van der Waals surface area contributed by atoms with Gasteiger partial charge in [0.15, 0.2) is 0 Å². The van der Waals surface area contributed by atoms with E-state index in [1.54, 1.807) is 42.5 Å². The van der Waals surface area contributed by atoms with Crippen LogP contribution < -0.4 is 5.32 Å². The van der Waals surface area contributed by atoms with Gasteiger partial charge in [0.1, 0.15) is 12.4 Å². The summed E-state index contributed by atoms with van der Waals surface area (Å²) >= 11 is 0. The van der Waals surface area contributed by atoms with Crippen molar-refractivity contribution in [2.24, 2.45) is 0 Å². The molecule has 2 aromatic rings. The van der Waals surface area contributed by atoms with E-state index in [1.807, 2.05) is 0 Å². The number of aliphatic hydroxyl groups is 1. The highest BCUT2D eigenvalue weighted by molar-refractivity contribution is 5.93. The summed E-state index contributed by atoms with van der Waals surface area (Å²) in [5.74, 6) is 4.56. The first-order valence-corrected chi connectivity index (χ1v) is 6.42. The molecular formula is C17H14FNO2.